The Kier molecular flexibility index (Phi) is 4.76. The minimum Gasteiger partial charge on any atom is -0.477 e. The van der Waals surface area contributed by atoms with Crippen LogP contribution < -0.4 is 4.74 Å². The third-order valence-electron chi connectivity index (χ3n) is 7.18. The molecule has 5 heterocycles. The summed E-state index contributed by atoms with van der Waals surface area (Å²) in [5.41, 5.74) is 2.82. The standard InChI is InChI=1S/C24H24F3N5O2/c1-12-10-31-24(34-11-12)16(9-28-31)23(33)32-14-4-3-5-19(32)21-15(8-14)22(30(2)29-21)13-6-17(25)20(27)18(26)7-13/h6-7,9,12,14,19H,3-5,8,10-11H2,1-2H3/t12?,14-,19-/m1/s1. The first-order chi connectivity index (χ1) is 16.3. The fraction of sp³-hybridized carbons (Fsp3) is 0.458. The number of aryl methyl sites for hydroxylation is 1. The van der Waals surface area contributed by atoms with Crippen LogP contribution in [0.15, 0.2) is 18.3 Å². The summed E-state index contributed by atoms with van der Waals surface area (Å²) in [4.78, 5) is 15.6. The van der Waals surface area contributed by atoms with Gasteiger partial charge in [0.25, 0.3) is 5.91 Å². The van der Waals surface area contributed by atoms with E-state index in [4.69, 9.17) is 4.74 Å². The van der Waals surface area contributed by atoms with E-state index in [0.717, 1.165) is 42.7 Å². The molecule has 0 spiro atoms. The highest BCUT2D eigenvalue weighted by Crippen LogP contribution is 2.45. The smallest absolute Gasteiger partial charge is 0.261 e. The summed E-state index contributed by atoms with van der Waals surface area (Å²) in [6, 6.07) is 1.65. The van der Waals surface area contributed by atoms with Crippen LogP contribution in [0.5, 0.6) is 5.88 Å². The Morgan fingerprint density at radius 3 is 2.71 bits per heavy atom. The topological polar surface area (TPSA) is 65.2 Å². The average Bonchev–Trinajstić information content (AvgIpc) is 3.36. The van der Waals surface area contributed by atoms with E-state index in [-0.39, 0.29) is 23.6 Å². The van der Waals surface area contributed by atoms with Gasteiger partial charge in [0.15, 0.2) is 17.5 Å². The molecule has 1 saturated heterocycles. The van der Waals surface area contributed by atoms with E-state index in [2.05, 4.69) is 17.1 Å². The number of halogens is 3. The maximum absolute atomic E-state index is 14.0. The first-order valence-electron chi connectivity index (χ1n) is 11.6. The van der Waals surface area contributed by atoms with Gasteiger partial charge in [0.05, 0.1) is 36.8 Å². The largest absolute Gasteiger partial charge is 0.477 e. The number of fused-ring (bicyclic) bond motifs is 5. The first kappa shape index (κ1) is 21.2. The van der Waals surface area contributed by atoms with E-state index in [1.807, 2.05) is 4.90 Å². The summed E-state index contributed by atoms with van der Waals surface area (Å²) in [6.45, 7) is 3.31. The average molecular weight is 471 g/mol. The molecule has 10 heteroatoms. The molecule has 3 aliphatic rings. The van der Waals surface area contributed by atoms with Crippen LogP contribution in [0.4, 0.5) is 13.2 Å². The van der Waals surface area contributed by atoms with Crippen molar-refractivity contribution in [3.8, 4) is 17.1 Å². The van der Waals surface area contributed by atoms with Gasteiger partial charge in [0, 0.05) is 30.1 Å². The van der Waals surface area contributed by atoms with Gasteiger partial charge in [-0.3, -0.25) is 9.48 Å². The minimum atomic E-state index is -1.49. The van der Waals surface area contributed by atoms with E-state index in [0.29, 0.717) is 42.6 Å². The summed E-state index contributed by atoms with van der Waals surface area (Å²) in [5.74, 6) is -3.28. The van der Waals surface area contributed by atoms with Gasteiger partial charge in [-0.1, -0.05) is 6.92 Å². The number of ether oxygens (including phenoxy) is 1. The molecule has 3 aromatic rings. The zero-order chi connectivity index (χ0) is 23.7. The predicted octanol–water partition coefficient (Wildman–Crippen LogP) is 4.02. The van der Waals surface area contributed by atoms with Crippen LogP contribution in [-0.2, 0) is 20.0 Å². The van der Waals surface area contributed by atoms with Crippen LogP contribution in [0.25, 0.3) is 11.3 Å². The van der Waals surface area contributed by atoms with E-state index in [9.17, 15) is 18.0 Å². The molecule has 3 atom stereocenters. The minimum absolute atomic E-state index is 0.0880. The lowest BCUT2D eigenvalue weighted by atomic mass is 9.81. The number of hydrogen-bond acceptors (Lipinski definition) is 4. The molecule has 1 aromatic carbocycles. The second-order valence-electron chi connectivity index (χ2n) is 9.57. The monoisotopic (exact) mass is 471 g/mol. The van der Waals surface area contributed by atoms with Crippen LogP contribution >= 0.6 is 0 Å². The molecule has 3 aliphatic heterocycles. The van der Waals surface area contributed by atoms with Crippen LogP contribution in [0.2, 0.25) is 0 Å². The molecule has 0 radical (unpaired) electrons. The Labute approximate surface area is 194 Å². The number of aromatic nitrogens is 4. The number of hydrogen-bond donors (Lipinski definition) is 0. The third-order valence-corrected chi connectivity index (χ3v) is 7.18. The van der Waals surface area contributed by atoms with Crippen LogP contribution in [-0.4, -0.2) is 43.0 Å². The number of nitrogens with zero attached hydrogens (tertiary/aromatic N) is 5. The highest BCUT2D eigenvalue weighted by atomic mass is 19.2. The first-order valence-corrected chi connectivity index (χ1v) is 11.6. The summed E-state index contributed by atoms with van der Waals surface area (Å²) >= 11 is 0. The molecular formula is C24H24F3N5O2. The maximum atomic E-state index is 14.0. The number of benzene rings is 1. The molecule has 1 unspecified atom stereocenters. The second-order valence-corrected chi connectivity index (χ2v) is 9.57. The van der Waals surface area contributed by atoms with Gasteiger partial charge in [0.1, 0.15) is 5.56 Å². The summed E-state index contributed by atoms with van der Waals surface area (Å²) < 4.78 is 50.7. The van der Waals surface area contributed by atoms with Crippen LogP contribution in [0.3, 0.4) is 0 Å². The van der Waals surface area contributed by atoms with Crippen LogP contribution in [0, 0.1) is 23.4 Å². The lowest BCUT2D eigenvalue weighted by molar-refractivity contribution is 0.0384. The van der Waals surface area contributed by atoms with Crippen molar-refractivity contribution in [2.45, 2.75) is 51.2 Å². The summed E-state index contributed by atoms with van der Waals surface area (Å²) in [7, 11) is 1.70. The molecular weight excluding hydrogens is 447 g/mol. The lowest BCUT2D eigenvalue weighted by Crippen LogP contribution is -2.50. The van der Waals surface area contributed by atoms with Crippen molar-refractivity contribution in [2.75, 3.05) is 6.61 Å². The Hall–Kier alpha value is -3.30. The zero-order valence-electron chi connectivity index (χ0n) is 18.9. The van der Waals surface area contributed by atoms with Gasteiger partial charge in [-0.05, 0) is 37.8 Å². The van der Waals surface area contributed by atoms with E-state index in [1.54, 1.807) is 22.6 Å². The Bertz CT molecular complexity index is 1290. The number of rotatable bonds is 2. The Morgan fingerprint density at radius 2 is 1.94 bits per heavy atom. The molecule has 34 heavy (non-hydrogen) atoms. The number of carbonyl (C=O) groups is 1. The Balaban J connectivity index is 1.40. The highest BCUT2D eigenvalue weighted by Gasteiger charge is 2.45. The van der Waals surface area contributed by atoms with Gasteiger partial charge < -0.3 is 9.64 Å². The molecule has 1 amide bonds. The van der Waals surface area contributed by atoms with E-state index < -0.39 is 17.5 Å². The van der Waals surface area contributed by atoms with Crippen molar-refractivity contribution in [3.63, 3.8) is 0 Å². The number of carbonyl (C=O) groups excluding carboxylic acids is 1. The van der Waals surface area contributed by atoms with Crippen molar-refractivity contribution in [1.82, 2.24) is 24.5 Å². The van der Waals surface area contributed by atoms with Crippen molar-refractivity contribution >= 4 is 5.91 Å². The second kappa shape index (κ2) is 7.61. The molecule has 2 aromatic heterocycles. The molecule has 0 saturated carbocycles. The van der Waals surface area contributed by atoms with Crippen LogP contribution in [0.1, 0.15) is 53.8 Å². The molecule has 2 bridgehead atoms. The fourth-order valence-corrected chi connectivity index (χ4v) is 5.71. The Morgan fingerprint density at radius 1 is 1.18 bits per heavy atom. The molecule has 0 N–H and O–H groups in total. The van der Waals surface area contributed by atoms with Crippen molar-refractivity contribution < 1.29 is 22.7 Å². The van der Waals surface area contributed by atoms with Crippen molar-refractivity contribution in [3.05, 3.63) is 52.6 Å². The molecule has 1 fully saturated rings. The van der Waals surface area contributed by atoms with Gasteiger partial charge in [-0.25, -0.2) is 17.9 Å². The van der Waals surface area contributed by atoms with Gasteiger partial charge in [0.2, 0.25) is 5.88 Å². The third kappa shape index (κ3) is 3.07. The zero-order valence-corrected chi connectivity index (χ0v) is 18.9. The number of amides is 1. The summed E-state index contributed by atoms with van der Waals surface area (Å²) in [6.07, 6.45) is 4.57. The van der Waals surface area contributed by atoms with Gasteiger partial charge in [-0.15, -0.1) is 0 Å². The lowest BCUT2D eigenvalue weighted by Gasteiger charge is -2.45. The van der Waals surface area contributed by atoms with Crippen molar-refractivity contribution in [2.24, 2.45) is 13.0 Å². The maximum Gasteiger partial charge on any atom is 0.261 e. The molecule has 6 rings (SSSR count). The SMILES string of the molecule is CC1COc2c(C(=O)N3[C@@H]4CCC[C@@H]3c3nn(C)c(-c5cc(F)c(F)c(F)c5)c3C4)cnn2C1. The van der Waals surface area contributed by atoms with Crippen molar-refractivity contribution in [1.29, 1.82) is 0 Å². The van der Waals surface area contributed by atoms with Gasteiger partial charge in [-0.2, -0.15) is 10.2 Å². The summed E-state index contributed by atoms with van der Waals surface area (Å²) in [5, 5.41) is 9.04. The van der Waals surface area contributed by atoms with E-state index in [1.165, 1.54) is 0 Å². The molecule has 7 nitrogen and oxygen atoms in total. The predicted molar refractivity (Wildman–Crippen MR) is 116 cm³/mol. The van der Waals surface area contributed by atoms with Gasteiger partial charge >= 0.3 is 0 Å². The molecule has 0 aliphatic carbocycles. The molecule has 178 valence electrons. The fourth-order valence-electron chi connectivity index (χ4n) is 5.71. The quantitative estimate of drug-likeness (QED) is 0.530. The van der Waals surface area contributed by atoms with E-state index >= 15 is 0 Å². The number of piperidine rings is 1. The normalized spacial score (nSPS) is 23.3. The highest BCUT2D eigenvalue weighted by molar-refractivity contribution is 5.97.